The van der Waals surface area contributed by atoms with Crippen molar-refractivity contribution in [2.45, 2.75) is 19.9 Å². The van der Waals surface area contributed by atoms with Crippen LogP contribution in [-0.4, -0.2) is 101 Å². The zero-order valence-electron chi connectivity index (χ0n) is 25.5. The number of likely N-dealkylation sites (N-methyl/N-ethyl adjacent to an activating group) is 1. The van der Waals surface area contributed by atoms with Crippen molar-refractivity contribution in [3.63, 3.8) is 0 Å². The molecule has 1 fully saturated rings. The Morgan fingerprint density at radius 1 is 1.25 bits per heavy atom. The van der Waals surface area contributed by atoms with Gasteiger partial charge in [0.25, 0.3) is 0 Å². The van der Waals surface area contributed by atoms with E-state index in [1.807, 2.05) is 91.4 Å². The molecule has 6 rings (SSSR count). The zero-order valence-corrected chi connectivity index (χ0v) is 25.5. The van der Waals surface area contributed by atoms with Crippen LogP contribution in [0.25, 0.3) is 11.0 Å². The summed E-state index contributed by atoms with van der Waals surface area (Å²) in [5.41, 5.74) is 3.17. The van der Waals surface area contributed by atoms with Gasteiger partial charge >= 0.3 is 0 Å². The molecule has 5 heterocycles. The number of piperazine rings is 1. The highest BCUT2D eigenvalue weighted by Gasteiger charge is 2.35. The van der Waals surface area contributed by atoms with Crippen LogP contribution in [-0.2, 0) is 4.79 Å². The maximum Gasteiger partial charge on any atom is 0.246 e. The van der Waals surface area contributed by atoms with E-state index < -0.39 is 0 Å². The minimum absolute atomic E-state index is 0.0141. The van der Waals surface area contributed by atoms with Crippen LogP contribution in [0.4, 0.5) is 17.3 Å². The first-order valence-corrected chi connectivity index (χ1v) is 14.7. The van der Waals surface area contributed by atoms with Gasteiger partial charge in [-0.15, -0.1) is 0 Å². The molecule has 0 radical (unpaired) electrons. The van der Waals surface area contributed by atoms with E-state index in [1.165, 1.54) is 6.33 Å². The number of hydrazone groups is 1. The van der Waals surface area contributed by atoms with Gasteiger partial charge in [0.1, 0.15) is 30.0 Å². The molecule has 44 heavy (non-hydrogen) atoms. The number of nitrogens with one attached hydrogen (secondary N) is 1. The first-order valence-electron chi connectivity index (χ1n) is 14.7. The van der Waals surface area contributed by atoms with Crippen molar-refractivity contribution < 1.29 is 14.3 Å². The Kier molecular flexibility index (Phi) is 8.42. The van der Waals surface area contributed by atoms with Crippen LogP contribution in [0.5, 0.6) is 11.5 Å². The lowest BCUT2D eigenvalue weighted by Gasteiger charge is -2.44. The second-order valence-corrected chi connectivity index (χ2v) is 11.1. The molecule has 12 heteroatoms. The van der Waals surface area contributed by atoms with Crippen molar-refractivity contribution in [2.75, 3.05) is 63.6 Å². The normalized spacial score (nSPS) is 18.1. The first-order chi connectivity index (χ1) is 21.4. The lowest BCUT2D eigenvalue weighted by Crippen LogP contribution is -2.58. The van der Waals surface area contributed by atoms with Gasteiger partial charge in [0, 0.05) is 56.4 Å². The third kappa shape index (κ3) is 6.35. The molecule has 1 amide bonds. The number of carbonyl (C=O) groups is 1. The Morgan fingerprint density at radius 2 is 2.14 bits per heavy atom. The predicted octanol–water partition coefficient (Wildman–Crippen LogP) is 3.70. The standard InChI is InChI=1S/C32H37N9O3/c1-5-35-40-13-10-25(11-14-40)44-27-9-8-23(17-22(27)2)36-31-30-26(33-21-34-31)18-28-32(37-30)41-16-15-39(19-24(41)20-43-28)29(42)7-6-12-38(3)4/h5-11,13,17-18,21,24H,12,14-16,19-20H2,1-4H3,(H,33,34,36)/b7-6+,35-5-. The van der Waals surface area contributed by atoms with E-state index in [-0.39, 0.29) is 11.9 Å². The van der Waals surface area contributed by atoms with E-state index in [4.69, 9.17) is 14.5 Å². The van der Waals surface area contributed by atoms with Gasteiger partial charge in [-0.25, -0.2) is 15.0 Å². The van der Waals surface area contributed by atoms with Crippen LogP contribution in [0.1, 0.15) is 12.5 Å². The topological polar surface area (TPSA) is 112 Å². The largest absolute Gasteiger partial charge is 0.487 e. The summed E-state index contributed by atoms with van der Waals surface area (Å²) in [6.07, 6.45) is 12.6. The van der Waals surface area contributed by atoms with Gasteiger partial charge in [-0.2, -0.15) is 5.10 Å². The number of anilines is 3. The minimum atomic E-state index is 0.0141. The van der Waals surface area contributed by atoms with Crippen LogP contribution < -0.4 is 19.7 Å². The van der Waals surface area contributed by atoms with Crippen molar-refractivity contribution >= 4 is 40.5 Å². The van der Waals surface area contributed by atoms with Crippen molar-refractivity contribution in [1.82, 2.24) is 29.8 Å². The molecule has 1 atom stereocenters. The number of rotatable bonds is 8. The number of fused-ring (bicyclic) bond motifs is 4. The van der Waals surface area contributed by atoms with Gasteiger partial charge in [-0.05, 0) is 63.9 Å². The van der Waals surface area contributed by atoms with Crippen LogP contribution >= 0.6 is 0 Å². The molecule has 12 nitrogen and oxygen atoms in total. The predicted molar refractivity (Wildman–Crippen MR) is 171 cm³/mol. The van der Waals surface area contributed by atoms with E-state index >= 15 is 0 Å². The fourth-order valence-electron chi connectivity index (χ4n) is 5.38. The molecule has 1 unspecified atom stereocenters. The fraction of sp³-hybridized carbons (Fsp3) is 0.344. The Morgan fingerprint density at radius 3 is 2.91 bits per heavy atom. The molecule has 228 valence electrons. The second-order valence-electron chi connectivity index (χ2n) is 11.1. The number of nitrogens with zero attached hydrogens (tertiary/aromatic N) is 8. The van der Waals surface area contributed by atoms with E-state index in [0.717, 1.165) is 35.1 Å². The Hall–Kier alpha value is -4.97. The van der Waals surface area contributed by atoms with Gasteiger partial charge in [-0.3, -0.25) is 9.80 Å². The highest BCUT2D eigenvalue weighted by molar-refractivity contribution is 5.90. The molecule has 0 bridgehead atoms. The van der Waals surface area contributed by atoms with E-state index in [1.54, 1.807) is 12.3 Å². The summed E-state index contributed by atoms with van der Waals surface area (Å²) in [5.74, 6) is 3.61. The van der Waals surface area contributed by atoms with Crippen molar-refractivity contribution in [2.24, 2.45) is 5.10 Å². The number of hydrogen-bond donors (Lipinski definition) is 1. The molecule has 1 saturated heterocycles. The Labute approximate surface area is 257 Å². The lowest BCUT2D eigenvalue weighted by molar-refractivity contribution is -0.127. The fourth-order valence-corrected chi connectivity index (χ4v) is 5.38. The molecule has 1 N–H and O–H groups in total. The van der Waals surface area contributed by atoms with Gasteiger partial charge in [0.2, 0.25) is 5.91 Å². The molecule has 3 aromatic rings. The highest BCUT2D eigenvalue weighted by atomic mass is 16.5. The third-order valence-electron chi connectivity index (χ3n) is 7.60. The summed E-state index contributed by atoms with van der Waals surface area (Å²) in [4.78, 5) is 32.9. The van der Waals surface area contributed by atoms with E-state index in [2.05, 4.69) is 25.3 Å². The smallest absolute Gasteiger partial charge is 0.246 e. The van der Waals surface area contributed by atoms with Crippen LogP contribution in [0.3, 0.4) is 0 Å². The second kappa shape index (κ2) is 12.7. The molecule has 0 saturated carbocycles. The number of aromatic nitrogens is 3. The minimum Gasteiger partial charge on any atom is -0.487 e. The number of benzene rings is 1. The number of carbonyl (C=O) groups excluding carboxylic acids is 1. The number of amides is 1. The molecule has 0 aliphatic carbocycles. The Balaban J connectivity index is 1.17. The molecule has 1 aromatic carbocycles. The maximum absolute atomic E-state index is 12.8. The number of ether oxygens (including phenoxy) is 2. The van der Waals surface area contributed by atoms with Crippen LogP contribution in [0.2, 0.25) is 0 Å². The summed E-state index contributed by atoms with van der Waals surface area (Å²) in [6.45, 7) is 7.61. The summed E-state index contributed by atoms with van der Waals surface area (Å²) in [5, 5.41) is 9.51. The van der Waals surface area contributed by atoms with Crippen molar-refractivity contribution in [1.29, 1.82) is 0 Å². The third-order valence-corrected chi connectivity index (χ3v) is 7.60. The zero-order chi connectivity index (χ0) is 30.6. The Bertz CT molecular complexity index is 1670. The molecule has 3 aliphatic heterocycles. The SMILES string of the molecule is C/C=N\N1C=CC(Oc2ccc(Nc3ncnc4cc5c(nc34)N3CCN(C(=O)/C=C/CN(C)C)CC3CO5)cc2C)=CC1. The maximum atomic E-state index is 12.8. The van der Waals surface area contributed by atoms with Crippen molar-refractivity contribution in [3.8, 4) is 11.5 Å². The van der Waals surface area contributed by atoms with E-state index in [0.29, 0.717) is 55.4 Å². The van der Waals surface area contributed by atoms with Gasteiger partial charge < -0.3 is 29.5 Å². The summed E-state index contributed by atoms with van der Waals surface area (Å²) >= 11 is 0. The van der Waals surface area contributed by atoms with Gasteiger partial charge in [-0.1, -0.05) is 6.08 Å². The van der Waals surface area contributed by atoms with Crippen LogP contribution in [0, 0.1) is 6.92 Å². The number of allylic oxidation sites excluding steroid dienone is 1. The quantitative estimate of drug-likeness (QED) is 0.306. The average Bonchev–Trinajstić information content (AvgIpc) is 3.02. The molecular formula is C32H37N9O3. The molecule has 2 aromatic heterocycles. The van der Waals surface area contributed by atoms with Gasteiger partial charge in [0.05, 0.1) is 18.1 Å². The lowest BCUT2D eigenvalue weighted by atomic mass is 10.1. The average molecular weight is 596 g/mol. The summed E-state index contributed by atoms with van der Waals surface area (Å²) in [7, 11) is 3.95. The highest BCUT2D eigenvalue weighted by Crippen LogP contribution is 2.37. The molecule has 0 spiro atoms. The number of aryl methyl sites for hydroxylation is 1. The van der Waals surface area contributed by atoms with Gasteiger partial charge in [0.15, 0.2) is 17.4 Å². The summed E-state index contributed by atoms with van der Waals surface area (Å²) < 4.78 is 12.3. The van der Waals surface area contributed by atoms with Crippen molar-refractivity contribution in [3.05, 3.63) is 72.4 Å². The van der Waals surface area contributed by atoms with E-state index in [9.17, 15) is 4.79 Å². The van der Waals surface area contributed by atoms with Crippen LogP contribution in [0.15, 0.2) is 72.0 Å². The molecular weight excluding hydrogens is 558 g/mol. The number of hydrogen-bond acceptors (Lipinski definition) is 11. The first kappa shape index (κ1) is 29.1. The monoisotopic (exact) mass is 595 g/mol. The number of pyridine rings is 1. The summed E-state index contributed by atoms with van der Waals surface area (Å²) in [6, 6.07) is 7.85. The molecule has 3 aliphatic rings.